The van der Waals surface area contributed by atoms with E-state index in [0.717, 1.165) is 0 Å². The molecule has 132 valence electrons. The summed E-state index contributed by atoms with van der Waals surface area (Å²) < 4.78 is 0. The molecule has 0 saturated carbocycles. The lowest BCUT2D eigenvalue weighted by atomic mass is 9.96. The van der Waals surface area contributed by atoms with Gasteiger partial charge in [-0.2, -0.15) is 0 Å². The van der Waals surface area contributed by atoms with Gasteiger partial charge in [0.1, 0.15) is 5.60 Å². The SMILES string of the molecule is CC(O)(CNC(=O)CCCC(=O)c1ccccc1)c1ccc(Cl)cc1. The van der Waals surface area contributed by atoms with Crippen LogP contribution in [0.15, 0.2) is 54.6 Å². The monoisotopic (exact) mass is 359 g/mol. The molecule has 5 heteroatoms. The Kier molecular flexibility index (Phi) is 6.73. The number of ketones is 1. The molecular weight excluding hydrogens is 338 g/mol. The van der Waals surface area contributed by atoms with Gasteiger partial charge in [0.25, 0.3) is 0 Å². The van der Waals surface area contributed by atoms with Gasteiger partial charge in [-0.25, -0.2) is 0 Å². The van der Waals surface area contributed by atoms with E-state index in [0.29, 0.717) is 29.0 Å². The summed E-state index contributed by atoms with van der Waals surface area (Å²) in [6.07, 6.45) is 1.04. The minimum Gasteiger partial charge on any atom is -0.384 e. The van der Waals surface area contributed by atoms with Crippen LogP contribution in [0.2, 0.25) is 5.02 Å². The second-order valence-electron chi connectivity index (χ2n) is 6.20. The predicted octanol–water partition coefficient (Wildman–Crippen LogP) is 3.72. The molecule has 0 fully saturated rings. The Morgan fingerprint density at radius 3 is 2.32 bits per heavy atom. The van der Waals surface area contributed by atoms with Crippen molar-refractivity contribution in [3.05, 3.63) is 70.7 Å². The zero-order chi connectivity index (χ0) is 18.3. The van der Waals surface area contributed by atoms with Crippen molar-refractivity contribution in [2.24, 2.45) is 0 Å². The maximum Gasteiger partial charge on any atom is 0.220 e. The predicted molar refractivity (Wildman–Crippen MR) is 98.7 cm³/mol. The molecule has 1 amide bonds. The number of amides is 1. The van der Waals surface area contributed by atoms with Crippen molar-refractivity contribution in [3.8, 4) is 0 Å². The Balaban J connectivity index is 1.75. The molecular formula is C20H22ClNO3. The average Bonchev–Trinajstić information content (AvgIpc) is 2.61. The number of halogens is 1. The van der Waals surface area contributed by atoms with Crippen molar-refractivity contribution >= 4 is 23.3 Å². The van der Waals surface area contributed by atoms with Crippen molar-refractivity contribution in [2.45, 2.75) is 31.8 Å². The number of rotatable bonds is 8. The highest BCUT2D eigenvalue weighted by molar-refractivity contribution is 6.30. The van der Waals surface area contributed by atoms with Gasteiger partial charge in [0.2, 0.25) is 5.91 Å². The fourth-order valence-electron chi connectivity index (χ4n) is 2.45. The standard InChI is InChI=1S/C20H22ClNO3/c1-20(25,16-10-12-17(21)13-11-16)14-22-19(24)9-5-8-18(23)15-6-3-2-4-7-15/h2-4,6-7,10-13,25H,5,8-9,14H2,1H3,(H,22,24). The summed E-state index contributed by atoms with van der Waals surface area (Å²) in [6, 6.07) is 15.9. The minimum atomic E-state index is -1.18. The molecule has 0 bridgehead atoms. The molecule has 25 heavy (non-hydrogen) atoms. The third-order valence-corrected chi connectivity index (χ3v) is 4.25. The van der Waals surface area contributed by atoms with Crippen molar-refractivity contribution in [3.63, 3.8) is 0 Å². The molecule has 4 nitrogen and oxygen atoms in total. The molecule has 0 aliphatic rings. The third kappa shape index (κ3) is 6.00. The van der Waals surface area contributed by atoms with E-state index < -0.39 is 5.60 Å². The normalized spacial score (nSPS) is 13.1. The summed E-state index contributed by atoms with van der Waals surface area (Å²) in [5.41, 5.74) is 0.158. The van der Waals surface area contributed by atoms with Gasteiger partial charge in [-0.15, -0.1) is 0 Å². The van der Waals surface area contributed by atoms with Gasteiger partial charge in [0.05, 0.1) is 6.54 Å². The Labute approximate surface area is 152 Å². The van der Waals surface area contributed by atoms with Crippen molar-refractivity contribution in [1.29, 1.82) is 0 Å². The van der Waals surface area contributed by atoms with Crippen LogP contribution in [0.4, 0.5) is 0 Å². The number of hydrogen-bond donors (Lipinski definition) is 2. The molecule has 0 saturated heterocycles. The van der Waals surface area contributed by atoms with Gasteiger partial charge in [0, 0.05) is 23.4 Å². The molecule has 0 aliphatic carbocycles. The van der Waals surface area contributed by atoms with Crippen LogP contribution >= 0.6 is 11.6 Å². The van der Waals surface area contributed by atoms with E-state index >= 15 is 0 Å². The molecule has 2 aromatic rings. The highest BCUT2D eigenvalue weighted by Gasteiger charge is 2.23. The maximum atomic E-state index is 12.0. The number of benzene rings is 2. The summed E-state index contributed by atoms with van der Waals surface area (Å²) in [5.74, 6) is -0.156. The lowest BCUT2D eigenvalue weighted by Gasteiger charge is -2.24. The summed E-state index contributed by atoms with van der Waals surface area (Å²) in [4.78, 5) is 23.9. The molecule has 1 unspecified atom stereocenters. The van der Waals surface area contributed by atoms with E-state index in [4.69, 9.17) is 11.6 Å². The number of Topliss-reactive ketones (excluding diaryl/α,β-unsaturated/α-hetero) is 1. The fraction of sp³-hybridized carbons (Fsp3) is 0.300. The van der Waals surface area contributed by atoms with Crippen LogP contribution in [0.25, 0.3) is 0 Å². The van der Waals surface area contributed by atoms with Crippen LogP contribution < -0.4 is 5.32 Å². The molecule has 0 aromatic heterocycles. The van der Waals surface area contributed by atoms with E-state index in [1.165, 1.54) is 0 Å². The Bertz CT molecular complexity index is 711. The lowest BCUT2D eigenvalue weighted by molar-refractivity contribution is -0.122. The van der Waals surface area contributed by atoms with Gasteiger partial charge in [-0.1, -0.05) is 54.1 Å². The average molecular weight is 360 g/mol. The first-order valence-corrected chi connectivity index (χ1v) is 8.60. The fourth-order valence-corrected chi connectivity index (χ4v) is 2.57. The first-order valence-electron chi connectivity index (χ1n) is 8.22. The summed E-state index contributed by atoms with van der Waals surface area (Å²) in [5, 5.41) is 13.8. The van der Waals surface area contributed by atoms with Crippen LogP contribution in [-0.2, 0) is 10.4 Å². The van der Waals surface area contributed by atoms with Gasteiger partial charge in [-0.05, 0) is 31.0 Å². The van der Waals surface area contributed by atoms with Gasteiger partial charge in [-0.3, -0.25) is 9.59 Å². The van der Waals surface area contributed by atoms with E-state index in [1.807, 2.05) is 18.2 Å². The Morgan fingerprint density at radius 2 is 1.68 bits per heavy atom. The van der Waals surface area contributed by atoms with Gasteiger partial charge >= 0.3 is 0 Å². The topological polar surface area (TPSA) is 66.4 Å². The lowest BCUT2D eigenvalue weighted by Crippen LogP contribution is -2.38. The van der Waals surface area contributed by atoms with Crippen molar-refractivity contribution in [1.82, 2.24) is 5.32 Å². The molecule has 2 rings (SSSR count). The molecule has 0 spiro atoms. The smallest absolute Gasteiger partial charge is 0.220 e. The molecule has 1 atom stereocenters. The number of carbonyl (C=O) groups excluding carboxylic acids is 2. The Morgan fingerprint density at radius 1 is 1.04 bits per heavy atom. The minimum absolute atomic E-state index is 0.0292. The first-order chi connectivity index (χ1) is 11.9. The first kappa shape index (κ1) is 19.2. The van der Waals surface area contributed by atoms with Crippen LogP contribution in [0.3, 0.4) is 0 Å². The zero-order valence-corrected chi connectivity index (χ0v) is 14.9. The quantitative estimate of drug-likeness (QED) is 0.706. The summed E-state index contributed by atoms with van der Waals surface area (Å²) in [7, 11) is 0. The van der Waals surface area contributed by atoms with Crippen molar-refractivity contribution < 1.29 is 14.7 Å². The summed E-state index contributed by atoms with van der Waals surface area (Å²) >= 11 is 5.84. The molecule has 2 N–H and O–H groups in total. The zero-order valence-electron chi connectivity index (χ0n) is 14.2. The van der Waals surface area contributed by atoms with Crippen molar-refractivity contribution in [2.75, 3.05) is 6.54 Å². The van der Waals surface area contributed by atoms with E-state index in [9.17, 15) is 14.7 Å². The third-order valence-electron chi connectivity index (χ3n) is 4.00. The molecule has 2 aromatic carbocycles. The summed E-state index contributed by atoms with van der Waals surface area (Å²) in [6.45, 7) is 1.73. The Hall–Kier alpha value is -2.17. The van der Waals surface area contributed by atoms with Crippen LogP contribution in [0.1, 0.15) is 42.1 Å². The van der Waals surface area contributed by atoms with E-state index in [-0.39, 0.29) is 24.7 Å². The number of nitrogens with one attached hydrogen (secondary N) is 1. The number of carbonyl (C=O) groups is 2. The molecule has 0 heterocycles. The molecule has 0 aliphatic heterocycles. The second kappa shape index (κ2) is 8.79. The highest BCUT2D eigenvalue weighted by Crippen LogP contribution is 2.21. The number of hydrogen-bond acceptors (Lipinski definition) is 3. The van der Waals surface area contributed by atoms with Gasteiger partial charge < -0.3 is 10.4 Å². The number of aliphatic hydroxyl groups is 1. The molecule has 0 radical (unpaired) electrons. The van der Waals surface area contributed by atoms with Gasteiger partial charge in [0.15, 0.2) is 5.78 Å². The highest BCUT2D eigenvalue weighted by atomic mass is 35.5. The van der Waals surface area contributed by atoms with E-state index in [2.05, 4.69) is 5.32 Å². The van der Waals surface area contributed by atoms with Crippen LogP contribution in [-0.4, -0.2) is 23.3 Å². The second-order valence-corrected chi connectivity index (χ2v) is 6.64. The van der Waals surface area contributed by atoms with Crippen LogP contribution in [0.5, 0.6) is 0 Å². The largest absolute Gasteiger partial charge is 0.384 e. The van der Waals surface area contributed by atoms with Crippen LogP contribution in [0, 0.1) is 0 Å². The van der Waals surface area contributed by atoms with E-state index in [1.54, 1.807) is 43.3 Å². The maximum absolute atomic E-state index is 12.0.